The summed E-state index contributed by atoms with van der Waals surface area (Å²) in [5.74, 6) is 0.399. The molecule has 1 N–H and O–H groups in total. The monoisotopic (exact) mass is 207 g/mol. The third-order valence-electron chi connectivity index (χ3n) is 2.15. The molecule has 0 aromatic heterocycles. The van der Waals surface area contributed by atoms with Crippen LogP contribution in [0.5, 0.6) is 0 Å². The van der Waals surface area contributed by atoms with Crippen LogP contribution in [0.3, 0.4) is 0 Å². The van der Waals surface area contributed by atoms with Crippen LogP contribution in [0, 0.1) is 5.92 Å². The molecule has 0 saturated carbocycles. The van der Waals surface area contributed by atoms with E-state index < -0.39 is 0 Å². The van der Waals surface area contributed by atoms with E-state index in [4.69, 9.17) is 12.2 Å². The molecule has 0 amide bonds. The predicted molar refractivity (Wildman–Crippen MR) is 66.9 cm³/mol. The SMILES string of the molecule is CCc1ccc(NC(=S)C(C)C)cc1. The number of thiocarbonyl (C=S) groups is 1. The number of aryl methyl sites for hydroxylation is 1. The van der Waals surface area contributed by atoms with Crippen LogP contribution in [0.25, 0.3) is 0 Å². The van der Waals surface area contributed by atoms with Gasteiger partial charge in [0, 0.05) is 11.6 Å². The maximum Gasteiger partial charge on any atom is 0.0823 e. The molecule has 0 radical (unpaired) electrons. The zero-order chi connectivity index (χ0) is 10.6. The molecule has 1 nitrogen and oxygen atoms in total. The van der Waals surface area contributed by atoms with Gasteiger partial charge in [0.05, 0.1) is 4.99 Å². The van der Waals surface area contributed by atoms with E-state index in [2.05, 4.69) is 50.4 Å². The number of nitrogens with one attached hydrogen (secondary N) is 1. The first-order valence-corrected chi connectivity index (χ1v) is 5.44. The average Bonchev–Trinajstić information content (AvgIpc) is 2.19. The Labute approximate surface area is 91.5 Å². The molecule has 0 unspecified atom stereocenters. The molecule has 1 aromatic rings. The van der Waals surface area contributed by atoms with Crippen molar-refractivity contribution in [2.45, 2.75) is 27.2 Å². The molecule has 0 aliphatic heterocycles. The molecule has 0 aliphatic rings. The van der Waals surface area contributed by atoms with Crippen LogP contribution in [0.1, 0.15) is 26.3 Å². The molecular weight excluding hydrogens is 190 g/mol. The highest BCUT2D eigenvalue weighted by molar-refractivity contribution is 7.80. The summed E-state index contributed by atoms with van der Waals surface area (Å²) in [6.45, 7) is 6.34. The Morgan fingerprint density at radius 3 is 2.29 bits per heavy atom. The van der Waals surface area contributed by atoms with Crippen molar-refractivity contribution >= 4 is 22.9 Å². The normalized spacial score (nSPS) is 10.3. The summed E-state index contributed by atoms with van der Waals surface area (Å²) in [6, 6.07) is 8.41. The van der Waals surface area contributed by atoms with Crippen LogP contribution in [-0.4, -0.2) is 4.99 Å². The smallest absolute Gasteiger partial charge is 0.0823 e. The molecule has 14 heavy (non-hydrogen) atoms. The van der Waals surface area contributed by atoms with E-state index in [1.165, 1.54) is 5.56 Å². The zero-order valence-electron chi connectivity index (χ0n) is 9.00. The predicted octanol–water partition coefficient (Wildman–Crippen LogP) is 3.64. The standard InChI is InChI=1S/C12H17NS/c1-4-10-5-7-11(8-6-10)13-12(14)9(2)3/h5-9H,4H2,1-3H3,(H,13,14). The van der Waals surface area contributed by atoms with E-state index in [0.717, 1.165) is 17.1 Å². The van der Waals surface area contributed by atoms with Crippen molar-refractivity contribution in [3.63, 3.8) is 0 Å². The summed E-state index contributed by atoms with van der Waals surface area (Å²) >= 11 is 5.21. The van der Waals surface area contributed by atoms with Crippen LogP contribution in [0.4, 0.5) is 5.69 Å². The van der Waals surface area contributed by atoms with Gasteiger partial charge in [0.2, 0.25) is 0 Å². The fraction of sp³-hybridized carbons (Fsp3) is 0.417. The minimum Gasteiger partial charge on any atom is -0.350 e. The van der Waals surface area contributed by atoms with Crippen molar-refractivity contribution in [1.29, 1.82) is 0 Å². The first-order chi connectivity index (χ1) is 6.63. The Morgan fingerprint density at radius 1 is 1.29 bits per heavy atom. The summed E-state index contributed by atoms with van der Waals surface area (Å²) in [7, 11) is 0. The molecule has 0 aliphatic carbocycles. The maximum atomic E-state index is 5.21. The van der Waals surface area contributed by atoms with Crippen molar-refractivity contribution in [3.05, 3.63) is 29.8 Å². The third kappa shape index (κ3) is 3.11. The molecule has 0 heterocycles. The number of anilines is 1. The summed E-state index contributed by atoms with van der Waals surface area (Å²) < 4.78 is 0. The second-order valence-corrected chi connectivity index (χ2v) is 4.13. The van der Waals surface area contributed by atoms with Crippen LogP contribution >= 0.6 is 12.2 Å². The maximum absolute atomic E-state index is 5.21. The number of hydrogen-bond acceptors (Lipinski definition) is 1. The number of rotatable bonds is 3. The quantitative estimate of drug-likeness (QED) is 0.759. The van der Waals surface area contributed by atoms with Gasteiger partial charge in [-0.05, 0) is 24.1 Å². The van der Waals surface area contributed by atoms with Crippen LogP contribution in [-0.2, 0) is 6.42 Å². The topological polar surface area (TPSA) is 12.0 Å². The van der Waals surface area contributed by atoms with E-state index >= 15 is 0 Å². The minimum absolute atomic E-state index is 0.399. The summed E-state index contributed by atoms with van der Waals surface area (Å²) in [5, 5.41) is 3.22. The fourth-order valence-electron chi connectivity index (χ4n) is 1.11. The lowest BCUT2D eigenvalue weighted by Gasteiger charge is -2.10. The van der Waals surface area contributed by atoms with Gasteiger partial charge < -0.3 is 5.32 Å². The summed E-state index contributed by atoms with van der Waals surface area (Å²) in [4.78, 5) is 0.897. The number of hydrogen-bond donors (Lipinski definition) is 1. The lowest BCUT2D eigenvalue weighted by atomic mass is 10.1. The average molecular weight is 207 g/mol. The van der Waals surface area contributed by atoms with Crippen molar-refractivity contribution in [2.24, 2.45) is 5.92 Å². The van der Waals surface area contributed by atoms with Crippen molar-refractivity contribution < 1.29 is 0 Å². The van der Waals surface area contributed by atoms with Gasteiger partial charge in [0.25, 0.3) is 0 Å². The van der Waals surface area contributed by atoms with Crippen molar-refractivity contribution in [2.75, 3.05) is 5.32 Å². The van der Waals surface area contributed by atoms with Crippen LogP contribution in [0.15, 0.2) is 24.3 Å². The summed E-state index contributed by atoms with van der Waals surface area (Å²) in [5.41, 5.74) is 2.44. The first-order valence-electron chi connectivity index (χ1n) is 5.03. The highest BCUT2D eigenvalue weighted by atomic mass is 32.1. The van der Waals surface area contributed by atoms with Gasteiger partial charge in [-0.1, -0.05) is 45.1 Å². The number of benzene rings is 1. The van der Waals surface area contributed by atoms with E-state index in [1.54, 1.807) is 0 Å². The molecule has 2 heteroatoms. The third-order valence-corrected chi connectivity index (χ3v) is 2.73. The Kier molecular flexibility index (Phi) is 4.08. The van der Waals surface area contributed by atoms with Crippen molar-refractivity contribution in [3.8, 4) is 0 Å². The van der Waals surface area contributed by atoms with Gasteiger partial charge in [-0.2, -0.15) is 0 Å². The van der Waals surface area contributed by atoms with E-state index in [1.807, 2.05) is 0 Å². The Bertz CT molecular complexity index is 301. The molecule has 1 aromatic carbocycles. The lowest BCUT2D eigenvalue weighted by Crippen LogP contribution is -2.15. The molecule has 1 rings (SSSR count). The van der Waals surface area contributed by atoms with Gasteiger partial charge in [-0.25, -0.2) is 0 Å². The molecule has 0 atom stereocenters. The van der Waals surface area contributed by atoms with E-state index in [0.29, 0.717) is 5.92 Å². The van der Waals surface area contributed by atoms with Gasteiger partial charge >= 0.3 is 0 Å². The highest BCUT2D eigenvalue weighted by Gasteiger charge is 2.01. The molecule has 0 saturated heterocycles. The largest absolute Gasteiger partial charge is 0.350 e. The Morgan fingerprint density at radius 2 is 1.86 bits per heavy atom. The first kappa shape index (κ1) is 11.2. The Balaban J connectivity index is 2.64. The van der Waals surface area contributed by atoms with Crippen LogP contribution in [0.2, 0.25) is 0 Å². The molecule has 0 bridgehead atoms. The Hall–Kier alpha value is -0.890. The molecule has 76 valence electrons. The van der Waals surface area contributed by atoms with Crippen molar-refractivity contribution in [1.82, 2.24) is 0 Å². The second-order valence-electron chi connectivity index (χ2n) is 3.69. The van der Waals surface area contributed by atoms with E-state index in [9.17, 15) is 0 Å². The minimum atomic E-state index is 0.399. The molecular formula is C12H17NS. The molecule has 0 spiro atoms. The molecule has 0 fully saturated rings. The highest BCUT2D eigenvalue weighted by Crippen LogP contribution is 2.11. The fourth-order valence-corrected chi connectivity index (χ4v) is 1.23. The van der Waals surface area contributed by atoms with Gasteiger partial charge in [-0.3, -0.25) is 0 Å². The van der Waals surface area contributed by atoms with Gasteiger partial charge in [0.15, 0.2) is 0 Å². The van der Waals surface area contributed by atoms with Gasteiger partial charge in [0.1, 0.15) is 0 Å². The lowest BCUT2D eigenvalue weighted by molar-refractivity contribution is 0.898. The second kappa shape index (κ2) is 5.11. The summed E-state index contributed by atoms with van der Waals surface area (Å²) in [6.07, 6.45) is 1.08. The van der Waals surface area contributed by atoms with Crippen LogP contribution < -0.4 is 5.32 Å². The zero-order valence-corrected chi connectivity index (χ0v) is 9.82. The van der Waals surface area contributed by atoms with Gasteiger partial charge in [-0.15, -0.1) is 0 Å². The van der Waals surface area contributed by atoms with E-state index in [-0.39, 0.29) is 0 Å².